The van der Waals surface area contributed by atoms with E-state index in [0.717, 1.165) is 17.5 Å². The number of rotatable bonds is 1. The summed E-state index contributed by atoms with van der Waals surface area (Å²) in [5, 5.41) is 3.93. The van der Waals surface area contributed by atoms with E-state index in [-0.39, 0.29) is 11.1 Å². The highest BCUT2D eigenvalue weighted by molar-refractivity contribution is 6.35. The van der Waals surface area contributed by atoms with Gasteiger partial charge >= 0.3 is 6.18 Å². The molecule has 0 aliphatic carbocycles. The summed E-state index contributed by atoms with van der Waals surface area (Å²) in [4.78, 5) is 16.5. The molecule has 0 spiro atoms. The Morgan fingerprint density at radius 2 is 1.88 bits per heavy atom. The molecule has 3 aromatic rings. The molecule has 1 N–H and O–H groups in total. The molecule has 0 radical (unpaired) electrons. The van der Waals surface area contributed by atoms with Gasteiger partial charge in [-0.25, -0.2) is 4.98 Å². The van der Waals surface area contributed by atoms with Gasteiger partial charge in [-0.05, 0) is 35.9 Å². The zero-order chi connectivity index (χ0) is 17.8. The third-order valence-electron chi connectivity index (χ3n) is 4.20. The molecule has 1 unspecified atom stereocenters. The Hall–Kier alpha value is -2.60. The second-order valence-corrected chi connectivity index (χ2v) is 6.16. The number of benzene rings is 2. The number of para-hydroxylation sites is 1. The SMILES string of the molecule is O=C1NC(c2ccc3cccc(Cl)c3n2)c2cc(C(F)(F)F)ccc21. The lowest BCUT2D eigenvalue weighted by molar-refractivity contribution is -0.137. The second-order valence-electron chi connectivity index (χ2n) is 5.75. The Morgan fingerprint density at radius 1 is 1.08 bits per heavy atom. The van der Waals surface area contributed by atoms with Gasteiger partial charge < -0.3 is 5.32 Å². The normalized spacial score (nSPS) is 16.8. The fourth-order valence-electron chi connectivity index (χ4n) is 2.99. The van der Waals surface area contributed by atoms with Crippen LogP contribution in [-0.2, 0) is 6.18 Å². The van der Waals surface area contributed by atoms with Crippen LogP contribution in [0.2, 0.25) is 5.02 Å². The van der Waals surface area contributed by atoms with Gasteiger partial charge in [-0.2, -0.15) is 13.2 Å². The van der Waals surface area contributed by atoms with E-state index in [4.69, 9.17) is 11.6 Å². The minimum atomic E-state index is -4.48. The number of alkyl halides is 3. The van der Waals surface area contributed by atoms with E-state index >= 15 is 0 Å². The van der Waals surface area contributed by atoms with Crippen molar-refractivity contribution in [3.05, 3.63) is 75.9 Å². The molecule has 4 rings (SSSR count). The summed E-state index contributed by atoms with van der Waals surface area (Å²) in [5.74, 6) is -0.421. The number of pyridine rings is 1. The maximum Gasteiger partial charge on any atom is 0.416 e. The molecule has 1 aliphatic heterocycles. The van der Waals surface area contributed by atoms with Crippen LogP contribution in [0.1, 0.15) is 33.2 Å². The standard InChI is InChI=1S/C18H10ClF3N2O/c19-13-3-1-2-9-4-7-14(23-15(9)13)16-12-8-10(18(20,21)22)5-6-11(12)17(25)24-16/h1-8,16H,(H,24,25). The largest absolute Gasteiger partial charge is 0.416 e. The van der Waals surface area contributed by atoms with Gasteiger partial charge in [-0.1, -0.05) is 29.8 Å². The molecule has 0 fully saturated rings. The van der Waals surface area contributed by atoms with Crippen molar-refractivity contribution < 1.29 is 18.0 Å². The van der Waals surface area contributed by atoms with Crippen molar-refractivity contribution in [2.24, 2.45) is 0 Å². The molecular formula is C18H10ClF3N2O. The molecule has 2 heterocycles. The van der Waals surface area contributed by atoms with E-state index in [1.54, 1.807) is 24.3 Å². The molecule has 1 aromatic heterocycles. The zero-order valence-corrected chi connectivity index (χ0v) is 13.3. The first-order valence-electron chi connectivity index (χ1n) is 7.42. The number of carbonyl (C=O) groups is 1. The number of aromatic nitrogens is 1. The number of halogens is 4. The molecule has 0 saturated heterocycles. The van der Waals surface area contributed by atoms with Crippen LogP contribution in [0.5, 0.6) is 0 Å². The summed E-state index contributed by atoms with van der Waals surface area (Å²) in [7, 11) is 0. The lowest BCUT2D eigenvalue weighted by Crippen LogP contribution is -2.20. The monoisotopic (exact) mass is 362 g/mol. The van der Waals surface area contributed by atoms with Gasteiger partial charge in [0.15, 0.2) is 0 Å². The zero-order valence-electron chi connectivity index (χ0n) is 12.6. The minimum absolute atomic E-state index is 0.221. The molecular weight excluding hydrogens is 353 g/mol. The van der Waals surface area contributed by atoms with Gasteiger partial charge in [0.1, 0.15) is 0 Å². The minimum Gasteiger partial charge on any atom is -0.340 e. The number of hydrogen-bond acceptors (Lipinski definition) is 2. The summed E-state index contributed by atoms with van der Waals surface area (Å²) in [6.07, 6.45) is -4.48. The predicted octanol–water partition coefficient (Wildman–Crippen LogP) is 4.74. The van der Waals surface area contributed by atoms with Crippen molar-refractivity contribution in [1.82, 2.24) is 10.3 Å². The van der Waals surface area contributed by atoms with Crippen molar-refractivity contribution in [1.29, 1.82) is 0 Å². The average Bonchev–Trinajstić information content (AvgIpc) is 2.91. The molecule has 1 aliphatic rings. The van der Waals surface area contributed by atoms with Crippen molar-refractivity contribution in [2.45, 2.75) is 12.2 Å². The molecule has 7 heteroatoms. The third-order valence-corrected chi connectivity index (χ3v) is 4.50. The van der Waals surface area contributed by atoms with E-state index in [2.05, 4.69) is 10.3 Å². The highest BCUT2D eigenvalue weighted by atomic mass is 35.5. The summed E-state index contributed by atoms with van der Waals surface area (Å²) in [6.45, 7) is 0. The Labute approximate surface area is 145 Å². The molecule has 1 amide bonds. The summed E-state index contributed by atoms with van der Waals surface area (Å²) >= 11 is 6.15. The Morgan fingerprint density at radius 3 is 2.64 bits per heavy atom. The van der Waals surface area contributed by atoms with Crippen molar-refractivity contribution >= 4 is 28.4 Å². The average molecular weight is 363 g/mol. The molecule has 0 saturated carbocycles. The molecule has 0 bridgehead atoms. The van der Waals surface area contributed by atoms with Gasteiger partial charge in [0.05, 0.1) is 27.8 Å². The van der Waals surface area contributed by atoms with E-state index < -0.39 is 23.7 Å². The maximum atomic E-state index is 13.0. The lowest BCUT2D eigenvalue weighted by atomic mass is 9.98. The van der Waals surface area contributed by atoms with E-state index in [9.17, 15) is 18.0 Å². The fourth-order valence-corrected chi connectivity index (χ4v) is 3.22. The summed E-state index contributed by atoms with van der Waals surface area (Å²) in [6, 6.07) is 11.1. The Balaban J connectivity index is 1.86. The van der Waals surface area contributed by atoms with Gasteiger partial charge in [0.25, 0.3) is 5.91 Å². The smallest absolute Gasteiger partial charge is 0.340 e. The van der Waals surface area contributed by atoms with Crippen molar-refractivity contribution in [3.63, 3.8) is 0 Å². The van der Waals surface area contributed by atoms with Crippen LogP contribution in [0.3, 0.4) is 0 Å². The number of hydrogen-bond donors (Lipinski definition) is 1. The topological polar surface area (TPSA) is 42.0 Å². The highest BCUT2D eigenvalue weighted by Gasteiger charge is 2.36. The molecule has 2 aromatic carbocycles. The second kappa shape index (κ2) is 5.46. The van der Waals surface area contributed by atoms with Crippen LogP contribution >= 0.6 is 11.6 Å². The highest BCUT2D eigenvalue weighted by Crippen LogP contribution is 2.37. The molecule has 3 nitrogen and oxygen atoms in total. The van der Waals surface area contributed by atoms with Crippen LogP contribution in [0.15, 0.2) is 48.5 Å². The maximum absolute atomic E-state index is 13.0. The van der Waals surface area contributed by atoms with Gasteiger partial charge in [0.2, 0.25) is 0 Å². The van der Waals surface area contributed by atoms with Crippen LogP contribution in [0, 0.1) is 0 Å². The molecule has 126 valence electrons. The lowest BCUT2D eigenvalue weighted by Gasteiger charge is -2.14. The quantitative estimate of drug-likeness (QED) is 0.679. The molecule has 25 heavy (non-hydrogen) atoms. The third kappa shape index (κ3) is 2.62. The number of nitrogens with zero attached hydrogens (tertiary/aromatic N) is 1. The Kier molecular flexibility index (Phi) is 3.47. The Bertz CT molecular complexity index is 1020. The summed E-state index contributed by atoms with van der Waals surface area (Å²) < 4.78 is 39.0. The van der Waals surface area contributed by atoms with Crippen molar-refractivity contribution in [3.8, 4) is 0 Å². The van der Waals surface area contributed by atoms with Gasteiger partial charge in [-0.15, -0.1) is 0 Å². The predicted molar refractivity (Wildman–Crippen MR) is 87.5 cm³/mol. The fraction of sp³-hybridized carbons (Fsp3) is 0.111. The van der Waals surface area contributed by atoms with Crippen LogP contribution in [-0.4, -0.2) is 10.9 Å². The van der Waals surface area contributed by atoms with E-state index in [1.165, 1.54) is 6.07 Å². The van der Waals surface area contributed by atoms with Crippen molar-refractivity contribution in [2.75, 3.05) is 0 Å². The number of fused-ring (bicyclic) bond motifs is 2. The molecule has 1 atom stereocenters. The number of amides is 1. The first-order chi connectivity index (χ1) is 11.8. The van der Waals surface area contributed by atoms with Gasteiger partial charge in [0, 0.05) is 10.9 Å². The van der Waals surface area contributed by atoms with E-state index in [1.807, 2.05) is 6.07 Å². The van der Waals surface area contributed by atoms with E-state index in [0.29, 0.717) is 16.2 Å². The number of nitrogens with one attached hydrogen (secondary N) is 1. The first kappa shape index (κ1) is 15.9. The summed E-state index contributed by atoms with van der Waals surface area (Å²) in [5.41, 5.74) is 0.660. The van der Waals surface area contributed by atoms with Gasteiger partial charge in [-0.3, -0.25) is 4.79 Å². The number of carbonyl (C=O) groups excluding carboxylic acids is 1. The van der Waals surface area contributed by atoms with Crippen LogP contribution < -0.4 is 5.32 Å². The van der Waals surface area contributed by atoms with Crippen LogP contribution in [0.4, 0.5) is 13.2 Å². The van der Waals surface area contributed by atoms with Crippen LogP contribution in [0.25, 0.3) is 10.9 Å². The first-order valence-corrected chi connectivity index (χ1v) is 7.79.